The van der Waals surface area contributed by atoms with Crippen molar-refractivity contribution in [2.45, 2.75) is 64.0 Å². The lowest BCUT2D eigenvalue weighted by Crippen LogP contribution is -2.49. The number of aromatic nitrogens is 2. The third-order valence-electron chi connectivity index (χ3n) is 7.02. The maximum absolute atomic E-state index is 13.6. The van der Waals surface area contributed by atoms with Crippen LogP contribution in [0.25, 0.3) is 0 Å². The van der Waals surface area contributed by atoms with E-state index in [4.69, 9.17) is 9.47 Å². The molecule has 1 unspecified atom stereocenters. The first kappa shape index (κ1) is 20.1. The molecule has 1 aromatic heterocycles. The lowest BCUT2D eigenvalue weighted by Gasteiger charge is -2.46. The first-order valence-corrected chi connectivity index (χ1v) is 11.4. The number of nitrogens with zero attached hydrogens (tertiary/aromatic N) is 3. The summed E-state index contributed by atoms with van der Waals surface area (Å²) in [7, 11) is 0. The Kier molecular flexibility index (Phi) is 4.99. The second-order valence-electron chi connectivity index (χ2n) is 8.96. The van der Waals surface area contributed by atoms with Crippen LogP contribution in [0.15, 0.2) is 29.1 Å². The molecule has 0 radical (unpaired) electrons. The summed E-state index contributed by atoms with van der Waals surface area (Å²) in [5, 5.41) is 4.38. The number of ether oxygens (including phenoxy) is 2. The number of benzene rings is 1. The van der Waals surface area contributed by atoms with Crippen molar-refractivity contribution in [2.24, 2.45) is 0 Å². The van der Waals surface area contributed by atoms with E-state index in [-0.39, 0.29) is 22.9 Å². The number of rotatable bonds is 3. The van der Waals surface area contributed by atoms with Crippen LogP contribution in [0.2, 0.25) is 0 Å². The van der Waals surface area contributed by atoms with Crippen LogP contribution in [-0.2, 0) is 12.0 Å². The third kappa shape index (κ3) is 3.30. The van der Waals surface area contributed by atoms with E-state index in [0.717, 1.165) is 49.2 Å². The van der Waals surface area contributed by atoms with Crippen molar-refractivity contribution >= 4 is 5.91 Å². The molecule has 2 aromatic rings. The maximum atomic E-state index is 13.6. The van der Waals surface area contributed by atoms with Crippen LogP contribution in [0.1, 0.15) is 73.6 Å². The van der Waals surface area contributed by atoms with Crippen molar-refractivity contribution < 1.29 is 14.3 Å². The number of aryl methyl sites for hydroxylation is 1. The predicted molar refractivity (Wildman–Crippen MR) is 116 cm³/mol. The second kappa shape index (κ2) is 7.70. The number of carbonyl (C=O) groups is 1. The largest absolute Gasteiger partial charge is 0.486 e. The molecule has 3 heterocycles. The van der Waals surface area contributed by atoms with Crippen molar-refractivity contribution in [3.05, 3.63) is 51.4 Å². The van der Waals surface area contributed by atoms with Crippen LogP contribution in [0.5, 0.6) is 11.5 Å². The molecule has 1 aliphatic carbocycles. The molecular formula is C24H29N3O4. The zero-order valence-corrected chi connectivity index (χ0v) is 18.2. The van der Waals surface area contributed by atoms with Crippen LogP contribution in [0.4, 0.5) is 0 Å². The van der Waals surface area contributed by atoms with Crippen molar-refractivity contribution in [2.75, 3.05) is 19.8 Å². The van der Waals surface area contributed by atoms with E-state index in [2.05, 4.69) is 24.2 Å². The number of hydrogen-bond donors (Lipinski definition) is 0. The average Bonchev–Trinajstić information content (AvgIpc) is 3.26. The molecule has 164 valence electrons. The lowest BCUT2D eigenvalue weighted by molar-refractivity contribution is 0.0584. The molecular weight excluding hydrogens is 394 g/mol. The third-order valence-corrected chi connectivity index (χ3v) is 7.02. The van der Waals surface area contributed by atoms with Crippen molar-refractivity contribution in [1.82, 2.24) is 14.7 Å². The maximum Gasteiger partial charge on any atom is 0.274 e. The molecule has 2 aliphatic heterocycles. The van der Waals surface area contributed by atoms with Crippen LogP contribution in [0, 0.1) is 0 Å². The minimum Gasteiger partial charge on any atom is -0.486 e. The van der Waals surface area contributed by atoms with Gasteiger partial charge in [-0.3, -0.25) is 9.59 Å². The fourth-order valence-corrected chi connectivity index (χ4v) is 5.43. The van der Waals surface area contributed by atoms with Crippen LogP contribution >= 0.6 is 0 Å². The van der Waals surface area contributed by atoms with Crippen molar-refractivity contribution in [1.29, 1.82) is 0 Å². The number of carbonyl (C=O) groups excluding carboxylic acids is 1. The molecule has 7 heteroatoms. The normalized spacial score (nSPS) is 21.2. The first-order valence-electron chi connectivity index (χ1n) is 11.4. The van der Waals surface area contributed by atoms with Gasteiger partial charge in [-0.15, -0.1) is 0 Å². The minimum atomic E-state index is -0.175. The summed E-state index contributed by atoms with van der Waals surface area (Å²) in [6, 6.07) is 7.13. The van der Waals surface area contributed by atoms with E-state index < -0.39 is 0 Å². The van der Waals surface area contributed by atoms with Gasteiger partial charge in [-0.25, -0.2) is 4.68 Å². The highest BCUT2D eigenvalue weighted by Gasteiger charge is 2.46. The molecule has 1 spiro atoms. The molecule has 1 fully saturated rings. The van der Waals surface area contributed by atoms with E-state index in [0.29, 0.717) is 32.0 Å². The second-order valence-corrected chi connectivity index (χ2v) is 8.96. The van der Waals surface area contributed by atoms with Gasteiger partial charge >= 0.3 is 0 Å². The van der Waals surface area contributed by atoms with E-state index in [1.165, 1.54) is 16.3 Å². The van der Waals surface area contributed by atoms with Crippen LogP contribution < -0.4 is 15.0 Å². The fraction of sp³-hybridized carbons (Fsp3) is 0.542. The van der Waals surface area contributed by atoms with Crippen molar-refractivity contribution in [3.8, 4) is 11.5 Å². The Morgan fingerprint density at radius 1 is 1.16 bits per heavy atom. The lowest BCUT2D eigenvalue weighted by atomic mass is 9.71. The van der Waals surface area contributed by atoms with Gasteiger partial charge < -0.3 is 14.4 Å². The van der Waals surface area contributed by atoms with Crippen LogP contribution in [0.3, 0.4) is 0 Å². The van der Waals surface area contributed by atoms with E-state index in [1.807, 2.05) is 11.8 Å². The Morgan fingerprint density at radius 2 is 1.87 bits per heavy atom. The van der Waals surface area contributed by atoms with Crippen LogP contribution in [-0.4, -0.2) is 40.3 Å². The van der Waals surface area contributed by atoms with Gasteiger partial charge in [0, 0.05) is 24.6 Å². The smallest absolute Gasteiger partial charge is 0.274 e. The highest BCUT2D eigenvalue weighted by atomic mass is 16.6. The summed E-state index contributed by atoms with van der Waals surface area (Å²) in [4.78, 5) is 27.6. The summed E-state index contributed by atoms with van der Waals surface area (Å²) in [5.74, 6) is 1.45. The molecule has 5 rings (SSSR count). The summed E-state index contributed by atoms with van der Waals surface area (Å²) in [6.07, 6.45) is 5.21. The molecule has 0 saturated heterocycles. The van der Waals surface area contributed by atoms with E-state index >= 15 is 0 Å². The Hall–Kier alpha value is -2.83. The zero-order valence-electron chi connectivity index (χ0n) is 18.2. The molecule has 1 atom stereocenters. The highest BCUT2D eigenvalue weighted by Crippen LogP contribution is 2.52. The molecule has 1 saturated carbocycles. The summed E-state index contributed by atoms with van der Waals surface area (Å²) in [6.45, 7) is 6.33. The zero-order chi connectivity index (χ0) is 21.6. The quantitative estimate of drug-likeness (QED) is 0.756. The van der Waals surface area contributed by atoms with Gasteiger partial charge in [0.1, 0.15) is 18.9 Å². The minimum absolute atomic E-state index is 0.0643. The fourth-order valence-electron chi connectivity index (χ4n) is 5.43. The average molecular weight is 424 g/mol. The SMILES string of the molecule is CCCn1nc(C(=O)N2CC3(CCCC3)c3cc4c(cc3C2C)OCCO4)ccc1=O. The molecule has 1 aromatic carbocycles. The molecule has 1 amide bonds. The number of fused-ring (bicyclic) bond motifs is 3. The van der Waals surface area contributed by atoms with Gasteiger partial charge in [0.2, 0.25) is 0 Å². The predicted octanol–water partition coefficient (Wildman–Crippen LogP) is 3.45. The molecule has 0 bridgehead atoms. The van der Waals surface area contributed by atoms with Crippen molar-refractivity contribution in [3.63, 3.8) is 0 Å². The number of hydrogen-bond acceptors (Lipinski definition) is 5. The molecule has 0 N–H and O–H groups in total. The Morgan fingerprint density at radius 3 is 2.58 bits per heavy atom. The summed E-state index contributed by atoms with van der Waals surface area (Å²) < 4.78 is 13.1. The number of amides is 1. The molecule has 7 nitrogen and oxygen atoms in total. The molecule has 3 aliphatic rings. The van der Waals surface area contributed by atoms with Gasteiger partial charge in [-0.2, -0.15) is 5.10 Å². The Bertz CT molecular complexity index is 1070. The highest BCUT2D eigenvalue weighted by molar-refractivity contribution is 5.92. The van der Waals surface area contributed by atoms with Gasteiger partial charge in [-0.1, -0.05) is 19.8 Å². The standard InChI is InChI=1S/C24H29N3O4/c1-3-10-27-22(28)7-6-19(25-27)23(29)26-15-24(8-4-5-9-24)18-14-21-20(30-11-12-31-21)13-17(18)16(26)2/h6-7,13-14,16H,3-5,8-12,15H2,1-2H3. The summed E-state index contributed by atoms with van der Waals surface area (Å²) >= 11 is 0. The van der Waals surface area contributed by atoms with E-state index in [1.54, 1.807) is 6.07 Å². The van der Waals surface area contributed by atoms with E-state index in [9.17, 15) is 9.59 Å². The first-order chi connectivity index (χ1) is 15.0. The summed E-state index contributed by atoms with van der Waals surface area (Å²) in [5.41, 5.74) is 2.52. The monoisotopic (exact) mass is 423 g/mol. The van der Waals surface area contributed by atoms with Gasteiger partial charge in [-0.05, 0) is 55.5 Å². The molecule has 31 heavy (non-hydrogen) atoms. The topological polar surface area (TPSA) is 73.7 Å². The Balaban J connectivity index is 1.56. The van der Waals surface area contributed by atoms with Gasteiger partial charge in [0.05, 0.1) is 6.04 Å². The Labute approximate surface area is 182 Å². The van der Waals surface area contributed by atoms with Gasteiger partial charge in [0.25, 0.3) is 11.5 Å². The van der Waals surface area contributed by atoms with Gasteiger partial charge in [0.15, 0.2) is 11.5 Å².